The van der Waals surface area contributed by atoms with Crippen LogP contribution >= 0.6 is 11.8 Å². The van der Waals surface area contributed by atoms with Gasteiger partial charge in [-0.05, 0) is 92.0 Å². The molecule has 0 unspecified atom stereocenters. The van der Waals surface area contributed by atoms with E-state index in [1.165, 1.54) is 92.2 Å². The molecule has 0 atom stereocenters. The minimum Gasteiger partial charge on any atom is -0.309 e. The van der Waals surface area contributed by atoms with Gasteiger partial charge < -0.3 is 4.57 Å². The molecule has 46 heavy (non-hydrogen) atoms. The maximum atomic E-state index is 2.39. The minimum absolute atomic E-state index is 1.18. The van der Waals surface area contributed by atoms with Gasteiger partial charge in [0.15, 0.2) is 0 Å². The summed E-state index contributed by atoms with van der Waals surface area (Å²) < 4.78 is 2.39. The molecule has 0 saturated carbocycles. The SMILES string of the molecule is c1ccc(-n2c3ccccc3c3c4cc(-c5ccc(-c6ccc7c8c(cccc68)-c6ccccc6S7)cc5)ccc4ccc32)cc1. The second-order valence-electron chi connectivity index (χ2n) is 12.1. The number of benzene rings is 8. The number of fused-ring (bicyclic) bond motifs is 7. The molecule has 0 spiro atoms. The molecule has 1 aliphatic heterocycles. The first kappa shape index (κ1) is 25.7. The van der Waals surface area contributed by atoms with E-state index < -0.39 is 0 Å². The van der Waals surface area contributed by atoms with Gasteiger partial charge in [0.2, 0.25) is 0 Å². The average molecular weight is 602 g/mol. The van der Waals surface area contributed by atoms with Crippen molar-refractivity contribution in [1.29, 1.82) is 0 Å². The van der Waals surface area contributed by atoms with Gasteiger partial charge in [0.25, 0.3) is 0 Å². The average Bonchev–Trinajstić information content (AvgIpc) is 3.47. The zero-order valence-electron chi connectivity index (χ0n) is 24.9. The summed E-state index contributed by atoms with van der Waals surface area (Å²) in [6, 6.07) is 60.2. The highest BCUT2D eigenvalue weighted by Gasteiger charge is 2.20. The quantitative estimate of drug-likeness (QED) is 0.195. The Kier molecular flexibility index (Phi) is 5.58. The van der Waals surface area contributed by atoms with E-state index in [-0.39, 0.29) is 0 Å². The molecule has 0 radical (unpaired) electrons. The molecule has 10 rings (SSSR count). The van der Waals surface area contributed by atoms with Crippen molar-refractivity contribution < 1.29 is 0 Å². The minimum atomic E-state index is 1.18. The molecule has 8 aromatic carbocycles. The standard InChI is InChI=1S/C44H27NS/c1-2-9-32(10-3-1)45-39-15-6-4-12-37(39)43-38-27-31(22-21-30(38)23-25-40(43)45)28-17-19-29(20-18-28)33-24-26-42-44-35(33)13-8-14-36(44)34-11-5-7-16-41(34)46-42/h1-27H. The lowest BCUT2D eigenvalue weighted by Gasteiger charge is -2.21. The Morgan fingerprint density at radius 1 is 0.370 bits per heavy atom. The van der Waals surface area contributed by atoms with Crippen LogP contribution in [0.2, 0.25) is 0 Å². The highest BCUT2D eigenvalue weighted by Crippen LogP contribution is 2.49. The first-order chi connectivity index (χ1) is 22.8. The Morgan fingerprint density at radius 2 is 1.09 bits per heavy atom. The van der Waals surface area contributed by atoms with Gasteiger partial charge in [-0.1, -0.05) is 133 Å². The van der Waals surface area contributed by atoms with Crippen LogP contribution in [0.15, 0.2) is 174 Å². The second-order valence-corrected chi connectivity index (χ2v) is 13.2. The highest BCUT2D eigenvalue weighted by atomic mass is 32.2. The lowest BCUT2D eigenvalue weighted by atomic mass is 9.91. The van der Waals surface area contributed by atoms with E-state index in [4.69, 9.17) is 0 Å². The summed E-state index contributed by atoms with van der Waals surface area (Å²) in [6.45, 7) is 0. The van der Waals surface area contributed by atoms with Crippen molar-refractivity contribution in [3.05, 3.63) is 164 Å². The smallest absolute Gasteiger partial charge is 0.0547 e. The van der Waals surface area contributed by atoms with Crippen molar-refractivity contribution in [1.82, 2.24) is 4.57 Å². The van der Waals surface area contributed by atoms with Crippen LogP contribution in [0.4, 0.5) is 0 Å². The fourth-order valence-electron chi connectivity index (χ4n) is 7.50. The summed E-state index contributed by atoms with van der Waals surface area (Å²) in [7, 11) is 0. The first-order valence-corrected chi connectivity index (χ1v) is 16.6. The first-order valence-electron chi connectivity index (χ1n) is 15.8. The number of aromatic nitrogens is 1. The van der Waals surface area contributed by atoms with Crippen molar-refractivity contribution >= 4 is 55.1 Å². The summed E-state index contributed by atoms with van der Waals surface area (Å²) in [5.41, 5.74) is 11.3. The molecule has 0 aliphatic carbocycles. The maximum absolute atomic E-state index is 2.39. The van der Waals surface area contributed by atoms with Crippen LogP contribution in [0.25, 0.3) is 82.4 Å². The van der Waals surface area contributed by atoms with E-state index in [1.807, 2.05) is 11.8 Å². The highest BCUT2D eigenvalue weighted by molar-refractivity contribution is 7.99. The van der Waals surface area contributed by atoms with Gasteiger partial charge in [0.1, 0.15) is 0 Å². The fraction of sp³-hybridized carbons (Fsp3) is 0. The largest absolute Gasteiger partial charge is 0.309 e. The topological polar surface area (TPSA) is 4.93 Å². The predicted molar refractivity (Wildman–Crippen MR) is 196 cm³/mol. The lowest BCUT2D eigenvalue weighted by molar-refractivity contribution is 1.18. The molecular weight excluding hydrogens is 575 g/mol. The van der Waals surface area contributed by atoms with Crippen LogP contribution in [0, 0.1) is 0 Å². The zero-order chi connectivity index (χ0) is 30.2. The summed E-state index contributed by atoms with van der Waals surface area (Å²) in [4.78, 5) is 2.66. The predicted octanol–water partition coefficient (Wildman–Crippen LogP) is 12.6. The molecule has 2 heteroatoms. The third-order valence-corrected chi connectivity index (χ3v) is 10.7. The van der Waals surface area contributed by atoms with Crippen LogP contribution < -0.4 is 0 Å². The molecule has 214 valence electrons. The summed E-state index contributed by atoms with van der Waals surface area (Å²) in [5, 5.41) is 7.80. The Labute approximate surface area is 271 Å². The number of rotatable bonds is 3. The monoisotopic (exact) mass is 601 g/mol. The number of hydrogen-bond donors (Lipinski definition) is 0. The number of nitrogens with zero attached hydrogens (tertiary/aromatic N) is 1. The Balaban J connectivity index is 1.10. The van der Waals surface area contributed by atoms with Crippen LogP contribution in [0.5, 0.6) is 0 Å². The van der Waals surface area contributed by atoms with Gasteiger partial charge >= 0.3 is 0 Å². The van der Waals surface area contributed by atoms with E-state index in [0.717, 1.165) is 0 Å². The van der Waals surface area contributed by atoms with E-state index in [0.29, 0.717) is 0 Å². The Hall–Kier alpha value is -5.57. The van der Waals surface area contributed by atoms with Gasteiger partial charge in [0.05, 0.1) is 11.0 Å². The Morgan fingerprint density at radius 3 is 2.00 bits per heavy atom. The molecule has 1 nitrogen and oxygen atoms in total. The molecule has 0 saturated heterocycles. The molecule has 1 aromatic heterocycles. The van der Waals surface area contributed by atoms with Gasteiger partial charge in [0, 0.05) is 31.6 Å². The maximum Gasteiger partial charge on any atom is 0.0547 e. The number of hydrogen-bond acceptors (Lipinski definition) is 1. The molecule has 9 aromatic rings. The van der Waals surface area contributed by atoms with E-state index in [9.17, 15) is 0 Å². The second kappa shape index (κ2) is 9.97. The number of para-hydroxylation sites is 2. The molecular formula is C44H27NS. The van der Waals surface area contributed by atoms with Gasteiger partial charge in [-0.15, -0.1) is 0 Å². The van der Waals surface area contributed by atoms with E-state index >= 15 is 0 Å². The van der Waals surface area contributed by atoms with Crippen LogP contribution in [-0.2, 0) is 0 Å². The molecule has 0 fully saturated rings. The molecule has 1 aliphatic rings. The van der Waals surface area contributed by atoms with Gasteiger partial charge in [-0.25, -0.2) is 0 Å². The molecule has 0 bridgehead atoms. The molecule has 0 amide bonds. The van der Waals surface area contributed by atoms with Crippen LogP contribution in [0.3, 0.4) is 0 Å². The van der Waals surface area contributed by atoms with E-state index in [1.54, 1.807) is 0 Å². The van der Waals surface area contributed by atoms with E-state index in [2.05, 4.69) is 168 Å². The molecule has 0 N–H and O–H groups in total. The van der Waals surface area contributed by atoms with Crippen molar-refractivity contribution in [2.45, 2.75) is 9.79 Å². The van der Waals surface area contributed by atoms with Crippen LogP contribution in [0.1, 0.15) is 0 Å². The third-order valence-electron chi connectivity index (χ3n) is 9.60. The van der Waals surface area contributed by atoms with Crippen LogP contribution in [-0.4, -0.2) is 4.57 Å². The lowest BCUT2D eigenvalue weighted by Crippen LogP contribution is -1.94. The van der Waals surface area contributed by atoms with Crippen molar-refractivity contribution in [3.63, 3.8) is 0 Å². The summed E-state index contributed by atoms with van der Waals surface area (Å²) >= 11 is 1.88. The van der Waals surface area contributed by atoms with Crippen molar-refractivity contribution in [3.8, 4) is 39.1 Å². The summed E-state index contributed by atoms with van der Waals surface area (Å²) in [5.74, 6) is 0. The Bertz CT molecular complexity index is 2650. The molecule has 2 heterocycles. The van der Waals surface area contributed by atoms with Crippen molar-refractivity contribution in [2.24, 2.45) is 0 Å². The normalized spacial score (nSPS) is 12.3. The fourth-order valence-corrected chi connectivity index (χ4v) is 8.63. The van der Waals surface area contributed by atoms with Crippen molar-refractivity contribution in [2.75, 3.05) is 0 Å². The zero-order valence-corrected chi connectivity index (χ0v) is 25.8. The van der Waals surface area contributed by atoms with Gasteiger partial charge in [-0.2, -0.15) is 0 Å². The summed E-state index contributed by atoms with van der Waals surface area (Å²) in [6.07, 6.45) is 0. The van der Waals surface area contributed by atoms with Gasteiger partial charge in [-0.3, -0.25) is 0 Å². The third kappa shape index (κ3) is 3.77.